The number of anilines is 3. The van der Waals surface area contributed by atoms with Crippen LogP contribution >= 0.6 is 27.5 Å². The van der Waals surface area contributed by atoms with Crippen LogP contribution in [0.1, 0.15) is 22.8 Å². The Balaban J connectivity index is 1.68. The number of nitrogen functional groups attached to an aromatic ring is 1. The number of rotatable bonds is 7. The predicted octanol–water partition coefficient (Wildman–Crippen LogP) is 5.13. The van der Waals surface area contributed by atoms with Gasteiger partial charge in [-0.15, -0.1) is 0 Å². The molecule has 0 radical (unpaired) electrons. The molecule has 0 aliphatic carbocycles. The maximum Gasteiger partial charge on any atom is 0.258 e. The van der Waals surface area contributed by atoms with Crippen LogP contribution in [0.5, 0.6) is 5.75 Å². The zero-order chi connectivity index (χ0) is 30.8. The van der Waals surface area contributed by atoms with Crippen LogP contribution in [-0.4, -0.2) is 50.5 Å². The Morgan fingerprint density at radius 1 is 1.07 bits per heavy atom. The van der Waals surface area contributed by atoms with Crippen molar-refractivity contribution in [2.45, 2.75) is 25.6 Å². The molecule has 0 aromatic heterocycles. The first kappa shape index (κ1) is 30.3. The molecule has 9 nitrogen and oxygen atoms in total. The highest BCUT2D eigenvalue weighted by atomic mass is 79.9. The second-order valence-electron chi connectivity index (χ2n) is 10.3. The van der Waals surface area contributed by atoms with Crippen LogP contribution in [0.25, 0.3) is 10.8 Å². The summed E-state index contributed by atoms with van der Waals surface area (Å²) in [5, 5.41) is 8.01. The molecule has 5 rings (SSSR count). The minimum absolute atomic E-state index is 0.105. The summed E-state index contributed by atoms with van der Waals surface area (Å²) >= 11 is 10.0. The maximum atomic E-state index is 14.4. The van der Waals surface area contributed by atoms with Gasteiger partial charge in [-0.25, -0.2) is 0 Å². The zero-order valence-corrected chi connectivity index (χ0v) is 26.2. The van der Waals surface area contributed by atoms with Crippen molar-refractivity contribution in [3.8, 4) is 5.75 Å². The predicted molar refractivity (Wildman–Crippen MR) is 174 cm³/mol. The molecule has 0 fully saturated rings. The molecule has 2 unspecified atom stereocenters. The van der Waals surface area contributed by atoms with E-state index in [2.05, 4.69) is 26.6 Å². The Bertz CT molecular complexity index is 1710. The summed E-state index contributed by atoms with van der Waals surface area (Å²) in [4.78, 5) is 44.6. The van der Waals surface area contributed by atoms with Crippen molar-refractivity contribution in [3.05, 3.63) is 93.4 Å². The molecule has 1 aliphatic heterocycles. The van der Waals surface area contributed by atoms with Gasteiger partial charge in [0.25, 0.3) is 11.8 Å². The zero-order valence-electron chi connectivity index (χ0n) is 23.9. The minimum Gasteiger partial charge on any atom is -0.496 e. The van der Waals surface area contributed by atoms with Crippen molar-refractivity contribution < 1.29 is 19.1 Å². The summed E-state index contributed by atoms with van der Waals surface area (Å²) in [5.74, 6) is -0.533. The number of hydrogen-bond donors (Lipinski definition) is 3. The number of nitrogens with two attached hydrogens (primary N) is 1. The van der Waals surface area contributed by atoms with Gasteiger partial charge < -0.3 is 30.9 Å². The molecule has 0 saturated carbocycles. The van der Waals surface area contributed by atoms with Gasteiger partial charge in [0.05, 0.1) is 37.6 Å². The molecule has 222 valence electrons. The van der Waals surface area contributed by atoms with Crippen LogP contribution < -0.4 is 30.9 Å². The smallest absolute Gasteiger partial charge is 0.258 e. The lowest BCUT2D eigenvalue weighted by atomic mass is 10.0. The van der Waals surface area contributed by atoms with Crippen molar-refractivity contribution >= 4 is 73.1 Å². The largest absolute Gasteiger partial charge is 0.496 e. The van der Waals surface area contributed by atoms with E-state index < -0.39 is 12.1 Å². The monoisotopic (exact) mass is 663 g/mol. The number of benzene rings is 4. The third-order valence-corrected chi connectivity index (χ3v) is 8.31. The molecule has 0 saturated heterocycles. The summed E-state index contributed by atoms with van der Waals surface area (Å²) in [6, 6.07) is 19.6. The lowest BCUT2D eigenvalue weighted by Crippen LogP contribution is -2.55. The number of methoxy groups -OCH3 is 1. The number of carbonyl (C=O) groups excluding carboxylic acids is 3. The summed E-state index contributed by atoms with van der Waals surface area (Å²) in [7, 11) is 3.24. The van der Waals surface area contributed by atoms with E-state index in [0.717, 1.165) is 20.8 Å². The second kappa shape index (κ2) is 12.6. The Kier molecular flexibility index (Phi) is 8.91. The summed E-state index contributed by atoms with van der Waals surface area (Å²) in [6.07, 6.45) is 0. The Morgan fingerprint density at radius 3 is 2.51 bits per heavy atom. The summed E-state index contributed by atoms with van der Waals surface area (Å²) < 4.78 is 6.66. The molecule has 2 atom stereocenters. The van der Waals surface area contributed by atoms with Crippen LogP contribution in [0.4, 0.5) is 17.1 Å². The number of amides is 3. The Hall–Kier alpha value is -4.12. The highest BCUT2D eigenvalue weighted by molar-refractivity contribution is 9.10. The lowest BCUT2D eigenvalue weighted by Gasteiger charge is -2.27. The average molecular weight is 665 g/mol. The first-order chi connectivity index (χ1) is 20.6. The third kappa shape index (κ3) is 6.17. The van der Waals surface area contributed by atoms with Gasteiger partial charge in [-0.2, -0.15) is 0 Å². The molecule has 0 bridgehead atoms. The molecule has 3 amide bonds. The standard InChI is InChI=1S/C32H31BrClN5O4/c1-18(36-2)30(40)37-26-17-39(31(41)19-4-9-23(35)10-5-19)28-15-22(34)8-12-27(28)38(32(26)42)16-25-24-11-7-21(33)14-20(24)6-13-29(25)43-3/h4-15,18,26,36H,16-17,35H2,1-3H3,(H,37,40). The van der Waals surface area contributed by atoms with Gasteiger partial charge in [-0.3, -0.25) is 14.4 Å². The lowest BCUT2D eigenvalue weighted by molar-refractivity contribution is -0.128. The van der Waals surface area contributed by atoms with Gasteiger partial charge >= 0.3 is 0 Å². The molecule has 11 heteroatoms. The molecule has 0 spiro atoms. The van der Waals surface area contributed by atoms with Crippen LogP contribution in [0.2, 0.25) is 5.02 Å². The SMILES string of the molecule is CNC(C)C(=O)NC1CN(C(=O)c2ccc(N)cc2)c2cc(Cl)ccc2N(Cc2c(OC)ccc3cc(Br)ccc23)C1=O. The van der Waals surface area contributed by atoms with E-state index in [1.807, 2.05) is 30.3 Å². The van der Waals surface area contributed by atoms with Crippen LogP contribution in [0.15, 0.2) is 77.3 Å². The average Bonchev–Trinajstić information content (AvgIpc) is 3.10. The van der Waals surface area contributed by atoms with E-state index in [1.165, 1.54) is 4.90 Å². The third-order valence-electron chi connectivity index (χ3n) is 7.58. The highest BCUT2D eigenvalue weighted by Crippen LogP contribution is 2.39. The number of nitrogens with one attached hydrogen (secondary N) is 2. The first-order valence-electron chi connectivity index (χ1n) is 13.6. The van der Waals surface area contributed by atoms with Crippen LogP contribution in [0.3, 0.4) is 0 Å². The van der Waals surface area contributed by atoms with Gasteiger partial charge in [0.1, 0.15) is 11.8 Å². The number of carbonyl (C=O) groups is 3. The number of hydrogen-bond acceptors (Lipinski definition) is 6. The number of nitrogens with zero attached hydrogens (tertiary/aromatic N) is 2. The number of fused-ring (bicyclic) bond motifs is 2. The van der Waals surface area contributed by atoms with Gasteiger partial charge in [0, 0.05) is 26.3 Å². The summed E-state index contributed by atoms with van der Waals surface area (Å²) in [6.45, 7) is 1.68. The van der Waals surface area contributed by atoms with Crippen molar-refractivity contribution in [1.82, 2.24) is 10.6 Å². The number of ether oxygens (including phenoxy) is 1. The van der Waals surface area contributed by atoms with Gasteiger partial charge in [-0.05, 0) is 85.4 Å². The molecule has 4 aromatic rings. The molecular weight excluding hydrogens is 634 g/mol. The summed E-state index contributed by atoms with van der Waals surface area (Å²) in [5.41, 5.74) is 8.42. The fourth-order valence-corrected chi connectivity index (χ4v) is 5.68. The normalized spacial score (nSPS) is 15.6. The van der Waals surface area contributed by atoms with E-state index in [-0.39, 0.29) is 30.8 Å². The van der Waals surface area contributed by atoms with E-state index in [4.69, 9.17) is 22.1 Å². The van der Waals surface area contributed by atoms with Crippen molar-refractivity contribution in [2.24, 2.45) is 0 Å². The van der Waals surface area contributed by atoms with E-state index in [0.29, 0.717) is 33.4 Å². The molecule has 43 heavy (non-hydrogen) atoms. The van der Waals surface area contributed by atoms with Gasteiger partial charge in [0.15, 0.2) is 0 Å². The van der Waals surface area contributed by atoms with Crippen molar-refractivity contribution in [3.63, 3.8) is 0 Å². The van der Waals surface area contributed by atoms with Gasteiger partial charge in [0.2, 0.25) is 5.91 Å². The maximum absolute atomic E-state index is 14.4. The fourth-order valence-electron chi connectivity index (χ4n) is 5.14. The minimum atomic E-state index is -1.07. The van der Waals surface area contributed by atoms with Crippen LogP contribution in [0, 0.1) is 0 Å². The van der Waals surface area contributed by atoms with Gasteiger partial charge in [-0.1, -0.05) is 39.7 Å². The van der Waals surface area contributed by atoms with E-state index in [1.54, 1.807) is 68.4 Å². The van der Waals surface area contributed by atoms with Crippen molar-refractivity contribution in [2.75, 3.05) is 36.2 Å². The quantitative estimate of drug-likeness (QED) is 0.236. The molecule has 4 N–H and O–H groups in total. The van der Waals surface area contributed by atoms with E-state index >= 15 is 0 Å². The van der Waals surface area contributed by atoms with E-state index in [9.17, 15) is 14.4 Å². The second-order valence-corrected chi connectivity index (χ2v) is 11.6. The molecule has 1 aliphatic rings. The Morgan fingerprint density at radius 2 is 1.81 bits per heavy atom. The molecule has 1 heterocycles. The number of halogens is 2. The first-order valence-corrected chi connectivity index (χ1v) is 14.8. The topological polar surface area (TPSA) is 117 Å². The Labute approximate surface area is 263 Å². The highest BCUT2D eigenvalue weighted by Gasteiger charge is 2.38. The van der Waals surface area contributed by atoms with Crippen molar-refractivity contribution in [1.29, 1.82) is 0 Å². The molecule has 4 aromatic carbocycles. The van der Waals surface area contributed by atoms with Crippen LogP contribution in [-0.2, 0) is 16.1 Å². The molecular formula is C32H31BrClN5O4. The number of likely N-dealkylation sites (N-methyl/N-ethyl adjacent to an activating group) is 1. The fraction of sp³-hybridized carbons (Fsp3) is 0.219.